The number of likely N-dealkylation sites (N-methyl/N-ethyl adjacent to an activating group) is 1. The van der Waals surface area contributed by atoms with Crippen molar-refractivity contribution in [2.75, 3.05) is 20.6 Å². The maximum atomic E-state index is 13.8. The number of aromatic nitrogens is 2. The van der Waals surface area contributed by atoms with E-state index in [0.29, 0.717) is 27.6 Å². The second kappa shape index (κ2) is 9.75. The number of nitrogens with zero attached hydrogens (tertiary/aromatic N) is 3. The van der Waals surface area contributed by atoms with Gasteiger partial charge in [0.25, 0.3) is 0 Å². The quantitative estimate of drug-likeness (QED) is 0.166. The molecule has 0 aliphatic heterocycles. The minimum Gasteiger partial charge on any atom is -0.633 e. The van der Waals surface area contributed by atoms with Crippen LogP contribution in [0, 0.1) is 5.21 Å². The average molecular weight is 556 g/mol. The van der Waals surface area contributed by atoms with E-state index >= 15 is 0 Å². The van der Waals surface area contributed by atoms with Gasteiger partial charge in [0, 0.05) is 27.1 Å². The highest BCUT2D eigenvalue weighted by molar-refractivity contribution is 6.25. The molecule has 0 radical (unpaired) electrons. The molecular weight excluding hydrogens is 518 g/mol. The summed E-state index contributed by atoms with van der Waals surface area (Å²) in [5.41, 5.74) is 1.96. The number of quaternary nitrogens is 1. The standard InChI is InChI=1S/C33H37N3O5/c1-32(2,3)40-30(37)34-26-18-12-10-15-22(26)28-23(16-13-19-36(7,8)39)29-24(20-27(28)34)21-14-9-11-17-25(21)35(29)31(38)41-33(4,5)6/h9-18,20H,19H2,1-8H3/b16-13-. The van der Waals surface area contributed by atoms with Gasteiger partial charge in [0.15, 0.2) is 0 Å². The normalized spacial score (nSPS) is 13.2. The van der Waals surface area contributed by atoms with Crippen molar-refractivity contribution in [3.8, 4) is 0 Å². The minimum absolute atomic E-state index is 0.218. The van der Waals surface area contributed by atoms with Crippen molar-refractivity contribution in [1.82, 2.24) is 9.13 Å². The van der Waals surface area contributed by atoms with Crippen molar-refractivity contribution in [3.05, 3.63) is 71.4 Å². The smallest absolute Gasteiger partial charge is 0.419 e. The summed E-state index contributed by atoms with van der Waals surface area (Å²) in [5.74, 6) is 0. The summed E-state index contributed by atoms with van der Waals surface area (Å²) in [6.07, 6.45) is 2.70. The lowest BCUT2D eigenvalue weighted by Gasteiger charge is -2.32. The number of ether oxygens (including phenoxy) is 2. The SMILES string of the molecule is CC(C)(C)OC(=O)n1c2ccccc2c2c(/C=C\C[N+](C)(C)[O-])c3c(cc21)c1ccccc1n3C(=O)OC(C)(C)C. The van der Waals surface area contributed by atoms with E-state index in [4.69, 9.17) is 9.47 Å². The van der Waals surface area contributed by atoms with E-state index in [1.165, 1.54) is 0 Å². The Morgan fingerprint density at radius 3 is 1.85 bits per heavy atom. The van der Waals surface area contributed by atoms with E-state index in [2.05, 4.69) is 0 Å². The van der Waals surface area contributed by atoms with Crippen molar-refractivity contribution < 1.29 is 23.7 Å². The number of fused-ring (bicyclic) bond motifs is 6. The predicted octanol–water partition coefficient (Wildman–Crippen LogP) is 8.06. The van der Waals surface area contributed by atoms with Crippen LogP contribution in [0.15, 0.2) is 60.7 Å². The van der Waals surface area contributed by atoms with Gasteiger partial charge in [-0.05, 0) is 65.8 Å². The molecule has 5 aromatic rings. The molecule has 8 heteroatoms. The third kappa shape index (κ3) is 5.45. The Labute approximate surface area is 239 Å². The van der Waals surface area contributed by atoms with Gasteiger partial charge in [0.2, 0.25) is 0 Å². The predicted molar refractivity (Wildman–Crippen MR) is 165 cm³/mol. The zero-order chi connectivity index (χ0) is 29.9. The first-order chi connectivity index (χ1) is 19.1. The molecule has 8 nitrogen and oxygen atoms in total. The molecular formula is C33H37N3O5. The van der Waals surface area contributed by atoms with Crippen molar-refractivity contribution in [1.29, 1.82) is 0 Å². The van der Waals surface area contributed by atoms with E-state index in [1.54, 1.807) is 23.2 Å². The Kier molecular flexibility index (Phi) is 6.75. The summed E-state index contributed by atoms with van der Waals surface area (Å²) in [7, 11) is 3.15. The molecule has 0 aliphatic carbocycles. The van der Waals surface area contributed by atoms with Crippen molar-refractivity contribution >= 4 is 61.9 Å². The molecule has 2 heterocycles. The van der Waals surface area contributed by atoms with E-state index in [9.17, 15) is 14.8 Å². The largest absolute Gasteiger partial charge is 0.633 e. The fourth-order valence-electron chi connectivity index (χ4n) is 5.20. The van der Waals surface area contributed by atoms with Crippen LogP contribution in [0.3, 0.4) is 0 Å². The van der Waals surface area contributed by atoms with Gasteiger partial charge in [-0.3, -0.25) is 0 Å². The number of carbonyl (C=O) groups excluding carboxylic acids is 2. The Balaban J connectivity index is 1.98. The number of hydrogen-bond donors (Lipinski definition) is 0. The van der Waals surface area contributed by atoms with E-state index in [0.717, 1.165) is 21.5 Å². The Morgan fingerprint density at radius 1 is 0.780 bits per heavy atom. The summed E-state index contributed by atoms with van der Waals surface area (Å²) in [4.78, 5) is 27.5. The second-order valence-corrected chi connectivity index (χ2v) is 12.9. The van der Waals surface area contributed by atoms with Gasteiger partial charge in [-0.15, -0.1) is 0 Å². The molecule has 0 bridgehead atoms. The van der Waals surface area contributed by atoms with Crippen LogP contribution in [0.2, 0.25) is 0 Å². The topological polar surface area (TPSA) is 85.5 Å². The van der Waals surface area contributed by atoms with Crippen molar-refractivity contribution in [3.63, 3.8) is 0 Å². The van der Waals surface area contributed by atoms with Gasteiger partial charge in [-0.2, -0.15) is 0 Å². The molecule has 41 heavy (non-hydrogen) atoms. The van der Waals surface area contributed by atoms with Crippen LogP contribution in [0.4, 0.5) is 9.59 Å². The molecule has 214 valence electrons. The molecule has 0 spiro atoms. The highest BCUT2D eigenvalue weighted by Gasteiger charge is 2.28. The number of carbonyl (C=O) groups is 2. The molecule has 0 fully saturated rings. The second-order valence-electron chi connectivity index (χ2n) is 12.9. The summed E-state index contributed by atoms with van der Waals surface area (Å²) in [6.45, 7) is 11.2. The molecule has 0 unspecified atom stereocenters. The molecule has 0 amide bonds. The molecule has 0 N–H and O–H groups in total. The third-order valence-electron chi connectivity index (χ3n) is 6.61. The van der Waals surface area contributed by atoms with Gasteiger partial charge in [-0.1, -0.05) is 42.5 Å². The monoisotopic (exact) mass is 555 g/mol. The van der Waals surface area contributed by atoms with Crippen LogP contribution in [0.25, 0.3) is 49.7 Å². The zero-order valence-corrected chi connectivity index (χ0v) is 24.9. The van der Waals surface area contributed by atoms with Crippen molar-refractivity contribution in [2.45, 2.75) is 52.7 Å². The van der Waals surface area contributed by atoms with Crippen LogP contribution < -0.4 is 0 Å². The van der Waals surface area contributed by atoms with Crippen LogP contribution in [0.1, 0.15) is 47.1 Å². The van der Waals surface area contributed by atoms with Gasteiger partial charge in [0.05, 0.1) is 42.7 Å². The number of hydrogen-bond acceptors (Lipinski definition) is 5. The fraction of sp³-hybridized carbons (Fsp3) is 0.333. The van der Waals surface area contributed by atoms with E-state index in [1.807, 2.05) is 108 Å². The third-order valence-corrected chi connectivity index (χ3v) is 6.61. The van der Waals surface area contributed by atoms with Gasteiger partial charge < -0.3 is 19.3 Å². The number of benzene rings is 3. The van der Waals surface area contributed by atoms with Crippen LogP contribution in [-0.2, 0) is 9.47 Å². The molecule has 0 aliphatic rings. The van der Waals surface area contributed by atoms with Crippen LogP contribution in [0.5, 0.6) is 0 Å². The highest BCUT2D eigenvalue weighted by atomic mass is 16.6. The number of hydroxylamine groups is 3. The molecule has 0 atom stereocenters. The average Bonchev–Trinajstić information content (AvgIpc) is 3.34. The van der Waals surface area contributed by atoms with Crippen LogP contribution >= 0.6 is 0 Å². The molecule has 2 aromatic heterocycles. The lowest BCUT2D eigenvalue weighted by molar-refractivity contribution is -0.833. The maximum absolute atomic E-state index is 13.8. The Hall–Kier alpha value is -4.14. The van der Waals surface area contributed by atoms with Gasteiger partial charge in [-0.25, -0.2) is 18.7 Å². The summed E-state index contributed by atoms with van der Waals surface area (Å²) in [5, 5.41) is 15.7. The summed E-state index contributed by atoms with van der Waals surface area (Å²) >= 11 is 0. The first-order valence-electron chi connectivity index (χ1n) is 13.7. The molecule has 0 saturated carbocycles. The lowest BCUT2D eigenvalue weighted by atomic mass is 10.0. The molecule has 5 rings (SSSR count). The number of rotatable bonds is 3. The number of para-hydroxylation sites is 2. The minimum atomic E-state index is -0.717. The zero-order valence-electron chi connectivity index (χ0n) is 24.9. The fourth-order valence-corrected chi connectivity index (χ4v) is 5.20. The van der Waals surface area contributed by atoms with Gasteiger partial charge >= 0.3 is 12.2 Å². The van der Waals surface area contributed by atoms with E-state index in [-0.39, 0.29) is 6.54 Å². The Bertz CT molecular complexity index is 1850. The molecule has 0 saturated heterocycles. The summed E-state index contributed by atoms with van der Waals surface area (Å²) < 4.78 is 14.4. The maximum Gasteiger partial charge on any atom is 0.419 e. The Morgan fingerprint density at radius 2 is 1.29 bits per heavy atom. The highest BCUT2D eigenvalue weighted by Crippen LogP contribution is 2.41. The first kappa shape index (κ1) is 28.4. The lowest BCUT2D eigenvalue weighted by Crippen LogP contribution is -2.31. The summed E-state index contributed by atoms with van der Waals surface area (Å²) in [6, 6.07) is 17.2. The van der Waals surface area contributed by atoms with Crippen molar-refractivity contribution in [2.24, 2.45) is 0 Å². The molecule has 3 aromatic carbocycles. The van der Waals surface area contributed by atoms with Gasteiger partial charge in [0.1, 0.15) is 11.2 Å². The van der Waals surface area contributed by atoms with E-state index < -0.39 is 28.0 Å². The first-order valence-corrected chi connectivity index (χ1v) is 13.7. The van der Waals surface area contributed by atoms with Crippen LogP contribution in [-0.4, -0.2) is 57.8 Å².